The summed E-state index contributed by atoms with van der Waals surface area (Å²) in [6.07, 6.45) is 1.66. The first-order valence-electron chi connectivity index (χ1n) is 8.28. The molecule has 0 fully saturated rings. The molecule has 1 N–H and O–H groups in total. The first-order valence-corrected chi connectivity index (χ1v) is 8.28. The van der Waals surface area contributed by atoms with E-state index in [1.165, 1.54) is 0 Å². The lowest BCUT2D eigenvalue weighted by Gasteiger charge is -2.30. The van der Waals surface area contributed by atoms with Crippen LogP contribution in [0.1, 0.15) is 52.5 Å². The van der Waals surface area contributed by atoms with Gasteiger partial charge in [0.05, 0.1) is 17.0 Å². The van der Waals surface area contributed by atoms with Crippen molar-refractivity contribution in [3.63, 3.8) is 0 Å². The fraction of sp³-hybridized carbons (Fsp3) is 0.500. The molecular formula is C20H27NO2. The number of hydrogen-bond acceptors (Lipinski definition) is 3. The van der Waals surface area contributed by atoms with Crippen LogP contribution in [-0.2, 0) is 4.79 Å². The Balaban J connectivity index is 2.51. The molecule has 3 heteroatoms. The van der Waals surface area contributed by atoms with Crippen LogP contribution in [0.5, 0.6) is 0 Å². The summed E-state index contributed by atoms with van der Waals surface area (Å²) in [6, 6.07) is 7.87. The Morgan fingerprint density at radius 1 is 1.26 bits per heavy atom. The number of para-hydroxylation sites is 1. The van der Waals surface area contributed by atoms with Gasteiger partial charge in [-0.25, -0.2) is 0 Å². The summed E-state index contributed by atoms with van der Waals surface area (Å²) in [7, 11) is 0. The average molecular weight is 313 g/mol. The monoisotopic (exact) mass is 313 g/mol. The number of ketones is 1. The van der Waals surface area contributed by atoms with Crippen LogP contribution in [0, 0.1) is 18.3 Å². The molecule has 1 aliphatic carbocycles. The Kier molecular flexibility index (Phi) is 5.08. The number of aliphatic hydroxyl groups excluding tert-OH is 1. The molecule has 0 heterocycles. The number of aliphatic hydroxyl groups is 1. The van der Waals surface area contributed by atoms with E-state index in [0.29, 0.717) is 36.5 Å². The maximum atomic E-state index is 12.6. The van der Waals surface area contributed by atoms with Crippen LogP contribution in [0.2, 0.25) is 0 Å². The van der Waals surface area contributed by atoms with Gasteiger partial charge in [0.25, 0.3) is 0 Å². The van der Waals surface area contributed by atoms with Crippen LogP contribution >= 0.6 is 0 Å². The standard InChI is InChI=1S/C20H27NO2/c1-13(2)10-16(21-15-9-7-6-8-14(15)3)19-17(22)11-20(4,5)12-18(19)23/h6-9,13,22H,10-12H2,1-5H3. The van der Waals surface area contributed by atoms with E-state index in [0.717, 1.165) is 11.3 Å². The summed E-state index contributed by atoms with van der Waals surface area (Å²) in [5.41, 5.74) is 2.91. The van der Waals surface area contributed by atoms with Crippen LogP contribution < -0.4 is 0 Å². The Hall–Kier alpha value is -1.90. The van der Waals surface area contributed by atoms with Crippen molar-refractivity contribution in [3.05, 3.63) is 41.2 Å². The smallest absolute Gasteiger partial charge is 0.168 e. The molecule has 0 spiro atoms. The van der Waals surface area contributed by atoms with Crippen molar-refractivity contribution < 1.29 is 9.90 Å². The third kappa shape index (κ3) is 4.31. The molecule has 1 aromatic rings. The molecule has 1 aliphatic rings. The Labute approximate surface area is 139 Å². The van der Waals surface area contributed by atoms with Crippen LogP contribution in [0.25, 0.3) is 0 Å². The number of carbonyl (C=O) groups excluding carboxylic acids is 1. The minimum absolute atomic E-state index is 0.00624. The van der Waals surface area contributed by atoms with Gasteiger partial charge >= 0.3 is 0 Å². The van der Waals surface area contributed by atoms with Crippen molar-refractivity contribution in [3.8, 4) is 0 Å². The molecular weight excluding hydrogens is 286 g/mol. The minimum Gasteiger partial charge on any atom is -0.511 e. The lowest BCUT2D eigenvalue weighted by atomic mass is 9.75. The summed E-state index contributed by atoms with van der Waals surface area (Å²) in [5, 5.41) is 10.5. The van der Waals surface area contributed by atoms with E-state index in [4.69, 9.17) is 4.99 Å². The molecule has 0 atom stereocenters. The van der Waals surface area contributed by atoms with Gasteiger partial charge in [-0.15, -0.1) is 0 Å². The molecule has 0 saturated carbocycles. The van der Waals surface area contributed by atoms with E-state index in [1.807, 2.05) is 45.0 Å². The molecule has 0 bridgehead atoms. The quantitative estimate of drug-likeness (QED) is 0.765. The number of hydrogen-bond donors (Lipinski definition) is 1. The van der Waals surface area contributed by atoms with E-state index >= 15 is 0 Å². The highest BCUT2D eigenvalue weighted by Gasteiger charge is 2.35. The molecule has 0 radical (unpaired) electrons. The number of nitrogens with zero attached hydrogens (tertiary/aromatic N) is 1. The Morgan fingerprint density at radius 3 is 2.48 bits per heavy atom. The molecule has 23 heavy (non-hydrogen) atoms. The Morgan fingerprint density at radius 2 is 1.91 bits per heavy atom. The Bertz CT molecular complexity index is 666. The van der Waals surface area contributed by atoms with Crippen LogP contribution in [-0.4, -0.2) is 16.6 Å². The van der Waals surface area contributed by atoms with Crippen LogP contribution in [0.15, 0.2) is 40.6 Å². The number of aryl methyl sites for hydroxylation is 1. The molecule has 3 nitrogen and oxygen atoms in total. The second kappa shape index (κ2) is 6.69. The molecule has 0 saturated heterocycles. The van der Waals surface area contributed by atoms with Gasteiger partial charge in [0, 0.05) is 12.8 Å². The molecule has 0 amide bonds. The van der Waals surface area contributed by atoms with E-state index < -0.39 is 0 Å². The second-order valence-corrected chi connectivity index (χ2v) is 7.71. The number of carbonyl (C=O) groups is 1. The van der Waals surface area contributed by atoms with Gasteiger partial charge in [0.2, 0.25) is 0 Å². The normalized spacial score (nSPS) is 18.7. The van der Waals surface area contributed by atoms with E-state index in [1.54, 1.807) is 0 Å². The van der Waals surface area contributed by atoms with Crippen molar-refractivity contribution >= 4 is 17.2 Å². The molecule has 0 unspecified atom stereocenters. The second-order valence-electron chi connectivity index (χ2n) is 7.71. The van der Waals surface area contributed by atoms with Gasteiger partial charge in [-0.2, -0.15) is 0 Å². The van der Waals surface area contributed by atoms with Crippen molar-refractivity contribution in [2.24, 2.45) is 16.3 Å². The fourth-order valence-electron chi connectivity index (χ4n) is 3.04. The van der Waals surface area contributed by atoms with E-state index in [-0.39, 0.29) is 17.0 Å². The lowest BCUT2D eigenvalue weighted by molar-refractivity contribution is -0.117. The predicted octanol–water partition coefficient (Wildman–Crippen LogP) is 5.31. The fourth-order valence-corrected chi connectivity index (χ4v) is 3.04. The van der Waals surface area contributed by atoms with Gasteiger partial charge in [0.1, 0.15) is 5.76 Å². The molecule has 1 aromatic carbocycles. The zero-order valence-electron chi connectivity index (χ0n) is 14.8. The number of allylic oxidation sites excluding steroid dienone is 2. The highest BCUT2D eigenvalue weighted by Crippen LogP contribution is 2.37. The number of benzene rings is 1. The number of Topliss-reactive ketones (excluding diaryl/α,β-unsaturated/α-hetero) is 1. The first-order chi connectivity index (χ1) is 10.7. The third-order valence-electron chi connectivity index (χ3n) is 4.11. The summed E-state index contributed by atoms with van der Waals surface area (Å²) >= 11 is 0. The maximum Gasteiger partial charge on any atom is 0.168 e. The van der Waals surface area contributed by atoms with Gasteiger partial charge in [0.15, 0.2) is 5.78 Å². The molecule has 2 rings (SSSR count). The van der Waals surface area contributed by atoms with Gasteiger partial charge in [-0.3, -0.25) is 9.79 Å². The largest absolute Gasteiger partial charge is 0.511 e. The van der Waals surface area contributed by atoms with Crippen molar-refractivity contribution in [2.75, 3.05) is 0 Å². The predicted molar refractivity (Wildman–Crippen MR) is 95.4 cm³/mol. The first kappa shape index (κ1) is 17.5. The van der Waals surface area contributed by atoms with Crippen LogP contribution in [0.3, 0.4) is 0 Å². The summed E-state index contributed by atoms with van der Waals surface area (Å²) < 4.78 is 0. The van der Waals surface area contributed by atoms with Crippen molar-refractivity contribution in [2.45, 2.75) is 53.9 Å². The van der Waals surface area contributed by atoms with Gasteiger partial charge in [-0.1, -0.05) is 45.9 Å². The molecule has 124 valence electrons. The zero-order valence-corrected chi connectivity index (χ0v) is 14.8. The van der Waals surface area contributed by atoms with E-state index in [2.05, 4.69) is 13.8 Å². The minimum atomic E-state index is -0.184. The highest BCUT2D eigenvalue weighted by molar-refractivity contribution is 6.23. The average Bonchev–Trinajstić information content (AvgIpc) is 2.38. The lowest BCUT2D eigenvalue weighted by Crippen LogP contribution is -2.29. The van der Waals surface area contributed by atoms with Gasteiger partial charge in [-0.05, 0) is 36.3 Å². The number of rotatable bonds is 4. The van der Waals surface area contributed by atoms with Gasteiger partial charge < -0.3 is 5.11 Å². The maximum absolute atomic E-state index is 12.6. The number of aliphatic imine (C=N–C) groups is 1. The highest BCUT2D eigenvalue weighted by atomic mass is 16.3. The SMILES string of the molecule is Cc1ccccc1N=C(CC(C)C)C1=C(O)CC(C)(C)CC1=O. The van der Waals surface area contributed by atoms with Crippen molar-refractivity contribution in [1.82, 2.24) is 0 Å². The molecule has 0 aliphatic heterocycles. The van der Waals surface area contributed by atoms with E-state index in [9.17, 15) is 9.90 Å². The summed E-state index contributed by atoms with van der Waals surface area (Å²) in [6.45, 7) is 10.2. The third-order valence-corrected chi connectivity index (χ3v) is 4.11. The molecule has 0 aromatic heterocycles. The zero-order chi connectivity index (χ0) is 17.2. The summed E-state index contributed by atoms with van der Waals surface area (Å²) in [4.78, 5) is 17.4. The summed E-state index contributed by atoms with van der Waals surface area (Å²) in [5.74, 6) is 0.562. The van der Waals surface area contributed by atoms with Crippen LogP contribution in [0.4, 0.5) is 5.69 Å². The topological polar surface area (TPSA) is 49.7 Å². The van der Waals surface area contributed by atoms with Crippen molar-refractivity contribution in [1.29, 1.82) is 0 Å².